The van der Waals surface area contributed by atoms with E-state index in [0.717, 1.165) is 12.8 Å². The van der Waals surface area contributed by atoms with E-state index in [2.05, 4.69) is 5.32 Å². The van der Waals surface area contributed by atoms with Crippen LogP contribution in [0.5, 0.6) is 0 Å². The fourth-order valence-electron chi connectivity index (χ4n) is 1.85. The molecule has 1 rings (SSSR count). The first kappa shape index (κ1) is 12.8. The van der Waals surface area contributed by atoms with Gasteiger partial charge in [-0.15, -0.1) is 0 Å². The summed E-state index contributed by atoms with van der Waals surface area (Å²) in [5, 5.41) is 20.1. The molecule has 0 aromatic carbocycles. The highest BCUT2D eigenvalue weighted by Gasteiger charge is 2.25. The van der Waals surface area contributed by atoms with Crippen LogP contribution in [0, 0.1) is 5.92 Å². The number of likely N-dealkylation sites (tertiary alicyclic amines) is 1. The van der Waals surface area contributed by atoms with Crippen molar-refractivity contribution in [1.29, 1.82) is 0 Å². The van der Waals surface area contributed by atoms with Crippen molar-refractivity contribution in [2.45, 2.75) is 25.9 Å². The second kappa shape index (κ2) is 5.69. The van der Waals surface area contributed by atoms with E-state index in [-0.39, 0.29) is 24.6 Å². The first-order chi connectivity index (χ1) is 7.50. The van der Waals surface area contributed by atoms with E-state index < -0.39 is 5.97 Å². The van der Waals surface area contributed by atoms with E-state index in [1.54, 1.807) is 11.8 Å². The van der Waals surface area contributed by atoms with Gasteiger partial charge in [-0.3, -0.25) is 4.79 Å². The van der Waals surface area contributed by atoms with E-state index in [1.165, 1.54) is 0 Å². The molecule has 1 fully saturated rings. The molecule has 6 heteroatoms. The van der Waals surface area contributed by atoms with Gasteiger partial charge in [0.15, 0.2) is 0 Å². The summed E-state index contributed by atoms with van der Waals surface area (Å²) in [4.78, 5) is 23.3. The lowest BCUT2D eigenvalue weighted by molar-refractivity contribution is -0.135. The molecule has 0 spiro atoms. The zero-order chi connectivity index (χ0) is 12.1. The van der Waals surface area contributed by atoms with E-state index in [1.807, 2.05) is 0 Å². The van der Waals surface area contributed by atoms with Crippen LogP contribution < -0.4 is 5.32 Å². The summed E-state index contributed by atoms with van der Waals surface area (Å²) in [6.07, 6.45) is 1.18. The lowest BCUT2D eigenvalue weighted by atomic mass is 9.92. The summed E-state index contributed by atoms with van der Waals surface area (Å²) in [6, 6.07) is -0.341. The Morgan fingerprint density at radius 1 is 1.44 bits per heavy atom. The number of hydrogen-bond donors (Lipinski definition) is 3. The van der Waals surface area contributed by atoms with Crippen molar-refractivity contribution in [1.82, 2.24) is 10.2 Å². The highest BCUT2D eigenvalue weighted by Crippen LogP contribution is 2.20. The number of piperidine rings is 1. The molecule has 3 N–H and O–H groups in total. The lowest BCUT2D eigenvalue weighted by Crippen LogP contribution is -2.46. The number of carbonyl (C=O) groups excluding carboxylic acids is 1. The van der Waals surface area contributed by atoms with Gasteiger partial charge in [0.2, 0.25) is 0 Å². The van der Waals surface area contributed by atoms with E-state index in [4.69, 9.17) is 5.11 Å². The maximum Gasteiger partial charge on any atom is 0.323 e. The van der Waals surface area contributed by atoms with Gasteiger partial charge >= 0.3 is 12.0 Å². The summed E-state index contributed by atoms with van der Waals surface area (Å²) in [7, 11) is 0. The largest absolute Gasteiger partial charge is 0.480 e. The third-order valence-electron chi connectivity index (χ3n) is 2.90. The second-order valence-corrected chi connectivity index (χ2v) is 4.12. The molecule has 2 amide bonds. The summed E-state index contributed by atoms with van der Waals surface area (Å²) in [5.41, 5.74) is 0. The van der Waals surface area contributed by atoms with Gasteiger partial charge in [0.05, 0.1) is 6.10 Å². The van der Waals surface area contributed by atoms with E-state index >= 15 is 0 Å². The monoisotopic (exact) mass is 230 g/mol. The number of nitrogens with one attached hydrogen (secondary N) is 1. The number of aliphatic hydroxyl groups is 1. The molecule has 1 unspecified atom stereocenters. The standard InChI is InChI=1S/C10H18N2O4/c1-7(13)8-2-4-12(5-3-8)10(16)11-6-9(14)15/h7-8,13H,2-6H2,1H3,(H,11,16)(H,14,15). The van der Waals surface area contributed by atoms with Crippen molar-refractivity contribution in [3.8, 4) is 0 Å². The topological polar surface area (TPSA) is 89.9 Å². The molecule has 16 heavy (non-hydrogen) atoms. The average Bonchev–Trinajstić information content (AvgIpc) is 2.26. The Bertz CT molecular complexity index is 260. The number of carboxylic acid groups (broad SMARTS) is 1. The third kappa shape index (κ3) is 3.69. The van der Waals surface area contributed by atoms with Crippen LogP contribution in [-0.4, -0.2) is 52.9 Å². The summed E-state index contributed by atoms with van der Waals surface area (Å²) >= 11 is 0. The highest BCUT2D eigenvalue weighted by atomic mass is 16.4. The summed E-state index contributed by atoms with van der Waals surface area (Å²) in [6.45, 7) is 2.54. The summed E-state index contributed by atoms with van der Waals surface area (Å²) in [5.74, 6) is -0.809. The maximum absolute atomic E-state index is 11.5. The molecular formula is C10H18N2O4. The molecule has 92 valence electrons. The van der Waals surface area contributed by atoms with Gasteiger partial charge in [0, 0.05) is 13.1 Å². The Labute approximate surface area is 94.2 Å². The fraction of sp³-hybridized carbons (Fsp3) is 0.800. The highest BCUT2D eigenvalue weighted by molar-refractivity contribution is 5.79. The number of carbonyl (C=O) groups is 2. The minimum absolute atomic E-state index is 0.239. The molecule has 0 aliphatic carbocycles. The molecule has 6 nitrogen and oxygen atoms in total. The molecule has 1 atom stereocenters. The van der Waals surface area contributed by atoms with Crippen molar-refractivity contribution in [3.05, 3.63) is 0 Å². The van der Waals surface area contributed by atoms with Crippen molar-refractivity contribution in [2.24, 2.45) is 5.92 Å². The van der Waals surface area contributed by atoms with Crippen molar-refractivity contribution in [3.63, 3.8) is 0 Å². The predicted octanol–water partition coefficient (Wildman–Crippen LogP) is -0.127. The van der Waals surface area contributed by atoms with Gasteiger partial charge in [0.25, 0.3) is 0 Å². The van der Waals surface area contributed by atoms with Crippen molar-refractivity contribution in [2.75, 3.05) is 19.6 Å². The average molecular weight is 230 g/mol. The Morgan fingerprint density at radius 3 is 2.44 bits per heavy atom. The second-order valence-electron chi connectivity index (χ2n) is 4.12. The number of amides is 2. The molecule has 1 saturated heterocycles. The Kier molecular flexibility index (Phi) is 4.54. The molecule has 1 aliphatic heterocycles. The number of aliphatic carboxylic acids is 1. The number of rotatable bonds is 3. The fourth-order valence-corrected chi connectivity index (χ4v) is 1.85. The van der Waals surface area contributed by atoms with Crippen LogP contribution in [0.3, 0.4) is 0 Å². The van der Waals surface area contributed by atoms with Gasteiger partial charge in [-0.2, -0.15) is 0 Å². The first-order valence-corrected chi connectivity index (χ1v) is 5.43. The molecular weight excluding hydrogens is 212 g/mol. The van der Waals surface area contributed by atoms with Crippen LogP contribution >= 0.6 is 0 Å². The van der Waals surface area contributed by atoms with Crippen molar-refractivity contribution >= 4 is 12.0 Å². The van der Waals surface area contributed by atoms with E-state index in [9.17, 15) is 14.7 Å². The zero-order valence-corrected chi connectivity index (χ0v) is 9.35. The maximum atomic E-state index is 11.5. The Hall–Kier alpha value is -1.30. The van der Waals surface area contributed by atoms with Crippen LogP contribution in [-0.2, 0) is 4.79 Å². The number of carboxylic acids is 1. The number of urea groups is 1. The first-order valence-electron chi connectivity index (χ1n) is 5.43. The molecule has 0 bridgehead atoms. The van der Waals surface area contributed by atoms with Crippen LogP contribution in [0.4, 0.5) is 4.79 Å². The zero-order valence-electron chi connectivity index (χ0n) is 9.35. The van der Waals surface area contributed by atoms with Gasteiger partial charge in [-0.25, -0.2) is 4.79 Å². The molecule has 0 aromatic heterocycles. The van der Waals surface area contributed by atoms with Gasteiger partial charge < -0.3 is 20.4 Å². The minimum Gasteiger partial charge on any atom is -0.480 e. The molecule has 0 saturated carbocycles. The number of nitrogens with zero attached hydrogens (tertiary/aromatic N) is 1. The normalized spacial score (nSPS) is 19.2. The Morgan fingerprint density at radius 2 is 2.00 bits per heavy atom. The lowest BCUT2D eigenvalue weighted by Gasteiger charge is -2.33. The predicted molar refractivity (Wildman–Crippen MR) is 57.0 cm³/mol. The molecule has 1 heterocycles. The SMILES string of the molecule is CC(O)C1CCN(C(=O)NCC(=O)O)CC1. The van der Waals surface area contributed by atoms with Crippen LogP contribution in [0.2, 0.25) is 0 Å². The molecule has 1 aliphatic rings. The molecule has 0 radical (unpaired) electrons. The quantitative estimate of drug-likeness (QED) is 0.630. The molecule has 0 aromatic rings. The van der Waals surface area contributed by atoms with Crippen LogP contribution in [0.15, 0.2) is 0 Å². The number of hydrogen-bond acceptors (Lipinski definition) is 3. The van der Waals surface area contributed by atoms with Gasteiger partial charge in [-0.1, -0.05) is 0 Å². The minimum atomic E-state index is -1.05. The number of aliphatic hydroxyl groups excluding tert-OH is 1. The van der Waals surface area contributed by atoms with Gasteiger partial charge in [-0.05, 0) is 25.7 Å². The Balaban J connectivity index is 2.30. The van der Waals surface area contributed by atoms with Crippen LogP contribution in [0.25, 0.3) is 0 Å². The van der Waals surface area contributed by atoms with E-state index in [0.29, 0.717) is 13.1 Å². The smallest absolute Gasteiger partial charge is 0.323 e. The van der Waals surface area contributed by atoms with Crippen LogP contribution in [0.1, 0.15) is 19.8 Å². The third-order valence-corrected chi connectivity index (χ3v) is 2.90. The van der Waals surface area contributed by atoms with Gasteiger partial charge in [0.1, 0.15) is 6.54 Å². The van der Waals surface area contributed by atoms with Crippen molar-refractivity contribution < 1.29 is 19.8 Å². The summed E-state index contributed by atoms with van der Waals surface area (Å²) < 4.78 is 0.